The lowest BCUT2D eigenvalue weighted by atomic mass is 10.2. The molecular formula is C15H24ClN3O3. The second-order valence-electron chi connectivity index (χ2n) is 5.05. The van der Waals surface area contributed by atoms with Gasteiger partial charge in [-0.25, -0.2) is 0 Å². The summed E-state index contributed by atoms with van der Waals surface area (Å²) >= 11 is 0. The Balaban J connectivity index is 0.00000242. The van der Waals surface area contributed by atoms with Crippen LogP contribution in [0.25, 0.3) is 0 Å². The molecule has 7 heteroatoms. The number of ether oxygens (including phenoxy) is 2. The Morgan fingerprint density at radius 1 is 1.50 bits per heavy atom. The van der Waals surface area contributed by atoms with Crippen molar-refractivity contribution in [3.8, 4) is 5.75 Å². The third kappa shape index (κ3) is 5.46. The maximum atomic E-state index is 12.0. The van der Waals surface area contributed by atoms with Crippen LogP contribution in [0.1, 0.15) is 5.56 Å². The molecule has 1 aromatic rings. The van der Waals surface area contributed by atoms with Gasteiger partial charge in [0.2, 0.25) is 5.91 Å². The van der Waals surface area contributed by atoms with E-state index in [-0.39, 0.29) is 24.4 Å². The van der Waals surface area contributed by atoms with Crippen molar-refractivity contribution in [2.75, 3.05) is 39.9 Å². The summed E-state index contributed by atoms with van der Waals surface area (Å²) in [6, 6.07) is 7.66. The fourth-order valence-electron chi connectivity index (χ4n) is 2.37. The molecule has 22 heavy (non-hydrogen) atoms. The van der Waals surface area contributed by atoms with Gasteiger partial charge in [-0.05, 0) is 6.07 Å². The average molecular weight is 330 g/mol. The molecule has 3 N–H and O–H groups in total. The van der Waals surface area contributed by atoms with Gasteiger partial charge in [-0.15, -0.1) is 12.4 Å². The second kappa shape index (κ2) is 9.63. The molecule has 1 atom stereocenters. The zero-order valence-corrected chi connectivity index (χ0v) is 13.6. The summed E-state index contributed by atoms with van der Waals surface area (Å²) in [4.78, 5) is 14.1. The standard InChI is InChI=1S/C15H23N3O3.ClH/c1-20-14-5-3-2-4-12(14)9-17-15(19)11-18-6-7-21-13(8-16)10-18;/h2-5,13H,6-11,16H2,1H3,(H,17,19);1H. The van der Waals surface area contributed by atoms with Crippen LogP contribution in [0.4, 0.5) is 0 Å². The van der Waals surface area contributed by atoms with Gasteiger partial charge >= 0.3 is 0 Å². The molecule has 0 radical (unpaired) electrons. The van der Waals surface area contributed by atoms with E-state index >= 15 is 0 Å². The van der Waals surface area contributed by atoms with Crippen molar-refractivity contribution in [3.63, 3.8) is 0 Å². The van der Waals surface area contributed by atoms with Crippen molar-refractivity contribution < 1.29 is 14.3 Å². The molecule has 1 fully saturated rings. The van der Waals surface area contributed by atoms with Crippen LogP contribution < -0.4 is 15.8 Å². The zero-order valence-electron chi connectivity index (χ0n) is 12.8. The Bertz CT molecular complexity index is 473. The minimum Gasteiger partial charge on any atom is -0.496 e. The number of nitrogens with two attached hydrogens (primary N) is 1. The molecule has 1 unspecified atom stereocenters. The molecule has 1 aliphatic heterocycles. The van der Waals surface area contributed by atoms with E-state index in [2.05, 4.69) is 10.2 Å². The third-order valence-electron chi connectivity index (χ3n) is 3.52. The molecule has 2 rings (SSSR count). The third-order valence-corrected chi connectivity index (χ3v) is 3.52. The van der Waals surface area contributed by atoms with Crippen LogP contribution in [0.2, 0.25) is 0 Å². The van der Waals surface area contributed by atoms with Crippen LogP contribution >= 0.6 is 12.4 Å². The minimum absolute atomic E-state index is 0. The fourth-order valence-corrected chi connectivity index (χ4v) is 2.37. The number of morpholine rings is 1. The second-order valence-corrected chi connectivity index (χ2v) is 5.05. The van der Waals surface area contributed by atoms with Crippen LogP contribution in [-0.4, -0.2) is 56.8 Å². The van der Waals surface area contributed by atoms with Crippen molar-refractivity contribution in [2.24, 2.45) is 5.73 Å². The first kappa shape index (κ1) is 18.7. The van der Waals surface area contributed by atoms with Crippen molar-refractivity contribution in [1.29, 1.82) is 0 Å². The van der Waals surface area contributed by atoms with Crippen LogP contribution in [0.5, 0.6) is 5.75 Å². The molecule has 1 saturated heterocycles. The maximum absolute atomic E-state index is 12.0. The Morgan fingerprint density at radius 2 is 2.27 bits per heavy atom. The number of hydrogen-bond donors (Lipinski definition) is 2. The number of rotatable bonds is 6. The molecule has 1 heterocycles. The van der Waals surface area contributed by atoms with Gasteiger partial charge in [-0.1, -0.05) is 18.2 Å². The lowest BCUT2D eigenvalue weighted by Crippen LogP contribution is -2.48. The van der Waals surface area contributed by atoms with Gasteiger partial charge in [0.05, 0.1) is 26.4 Å². The normalized spacial score (nSPS) is 18.4. The molecular weight excluding hydrogens is 306 g/mol. The van der Waals surface area contributed by atoms with Crippen LogP contribution in [-0.2, 0) is 16.1 Å². The lowest BCUT2D eigenvalue weighted by molar-refractivity contribution is -0.124. The summed E-state index contributed by atoms with van der Waals surface area (Å²) in [5, 5.41) is 2.92. The van der Waals surface area contributed by atoms with Crippen molar-refractivity contribution >= 4 is 18.3 Å². The highest BCUT2D eigenvalue weighted by atomic mass is 35.5. The first-order valence-electron chi connectivity index (χ1n) is 7.15. The minimum atomic E-state index is -0.00132. The molecule has 0 aromatic heterocycles. The highest BCUT2D eigenvalue weighted by Gasteiger charge is 2.20. The van der Waals surface area contributed by atoms with Gasteiger partial charge in [0.1, 0.15) is 5.75 Å². The molecule has 0 spiro atoms. The highest BCUT2D eigenvalue weighted by Crippen LogP contribution is 2.16. The van der Waals surface area contributed by atoms with E-state index in [1.54, 1.807) is 7.11 Å². The van der Waals surface area contributed by atoms with E-state index in [4.69, 9.17) is 15.2 Å². The van der Waals surface area contributed by atoms with Crippen molar-refractivity contribution in [1.82, 2.24) is 10.2 Å². The van der Waals surface area contributed by atoms with E-state index in [0.717, 1.165) is 17.9 Å². The number of para-hydroxylation sites is 1. The van der Waals surface area contributed by atoms with Gasteiger partial charge in [0, 0.05) is 31.7 Å². The van der Waals surface area contributed by atoms with E-state index in [9.17, 15) is 4.79 Å². The smallest absolute Gasteiger partial charge is 0.234 e. The number of methoxy groups -OCH3 is 1. The summed E-state index contributed by atoms with van der Waals surface area (Å²) < 4.78 is 10.7. The number of benzene rings is 1. The molecule has 1 amide bonds. The summed E-state index contributed by atoms with van der Waals surface area (Å²) in [7, 11) is 1.63. The van der Waals surface area contributed by atoms with Gasteiger partial charge in [0.15, 0.2) is 0 Å². The molecule has 124 valence electrons. The summed E-state index contributed by atoms with van der Waals surface area (Å²) in [6.07, 6.45) is 0.0285. The summed E-state index contributed by atoms with van der Waals surface area (Å²) in [5.74, 6) is 0.783. The van der Waals surface area contributed by atoms with E-state index in [0.29, 0.717) is 32.8 Å². The maximum Gasteiger partial charge on any atom is 0.234 e. The largest absolute Gasteiger partial charge is 0.496 e. The molecule has 0 aliphatic carbocycles. The predicted octanol–water partition coefficient (Wildman–Crippen LogP) is 0.393. The van der Waals surface area contributed by atoms with Crippen LogP contribution in [0, 0.1) is 0 Å². The number of hydrogen-bond acceptors (Lipinski definition) is 5. The first-order chi connectivity index (χ1) is 10.2. The zero-order chi connectivity index (χ0) is 15.1. The Morgan fingerprint density at radius 3 is 3.00 bits per heavy atom. The predicted molar refractivity (Wildman–Crippen MR) is 87.3 cm³/mol. The molecule has 6 nitrogen and oxygen atoms in total. The Kier molecular flexibility index (Phi) is 8.19. The summed E-state index contributed by atoms with van der Waals surface area (Å²) in [5.41, 5.74) is 6.56. The number of halogens is 1. The molecule has 0 saturated carbocycles. The number of carbonyl (C=O) groups is 1. The van der Waals surface area contributed by atoms with Gasteiger partial charge < -0.3 is 20.5 Å². The quantitative estimate of drug-likeness (QED) is 0.789. The topological polar surface area (TPSA) is 76.8 Å². The van der Waals surface area contributed by atoms with Crippen molar-refractivity contribution in [2.45, 2.75) is 12.6 Å². The number of nitrogens with one attached hydrogen (secondary N) is 1. The number of nitrogens with zero attached hydrogens (tertiary/aromatic N) is 1. The van der Waals surface area contributed by atoms with E-state index < -0.39 is 0 Å². The van der Waals surface area contributed by atoms with Gasteiger partial charge in [0.25, 0.3) is 0 Å². The fraction of sp³-hybridized carbons (Fsp3) is 0.533. The van der Waals surface area contributed by atoms with Gasteiger partial charge in [-0.2, -0.15) is 0 Å². The average Bonchev–Trinajstić information content (AvgIpc) is 2.53. The van der Waals surface area contributed by atoms with Crippen molar-refractivity contribution in [3.05, 3.63) is 29.8 Å². The molecule has 1 aliphatic rings. The monoisotopic (exact) mass is 329 g/mol. The van der Waals surface area contributed by atoms with E-state index in [1.165, 1.54) is 0 Å². The first-order valence-corrected chi connectivity index (χ1v) is 7.15. The van der Waals surface area contributed by atoms with Crippen LogP contribution in [0.3, 0.4) is 0 Å². The van der Waals surface area contributed by atoms with Gasteiger partial charge in [-0.3, -0.25) is 9.69 Å². The molecule has 1 aromatic carbocycles. The van der Waals surface area contributed by atoms with Crippen LogP contribution in [0.15, 0.2) is 24.3 Å². The Hall–Kier alpha value is -1.34. The summed E-state index contributed by atoms with van der Waals surface area (Å²) in [6.45, 7) is 3.42. The molecule has 0 bridgehead atoms. The van der Waals surface area contributed by atoms with E-state index in [1.807, 2.05) is 24.3 Å². The highest BCUT2D eigenvalue weighted by molar-refractivity contribution is 5.85. The number of carbonyl (C=O) groups excluding carboxylic acids is 1. The SMILES string of the molecule is COc1ccccc1CNC(=O)CN1CCOC(CN)C1.Cl. The number of amides is 1. The lowest BCUT2D eigenvalue weighted by Gasteiger charge is -2.31. The Labute approximate surface area is 137 Å².